The SMILES string of the molecule is CCC(C)(CNCC(C)C)CN1CC(C)CC(C)C1. The highest BCUT2D eigenvalue weighted by atomic mass is 15.1. The van der Waals surface area contributed by atoms with Gasteiger partial charge >= 0.3 is 0 Å². The zero-order valence-electron chi connectivity index (χ0n) is 14.1. The fourth-order valence-electron chi connectivity index (χ4n) is 3.42. The molecule has 1 aliphatic heterocycles. The molecule has 0 aromatic heterocycles. The van der Waals surface area contributed by atoms with Crippen molar-refractivity contribution in [1.82, 2.24) is 10.2 Å². The molecule has 2 heteroatoms. The topological polar surface area (TPSA) is 15.3 Å². The van der Waals surface area contributed by atoms with Crippen LogP contribution in [0, 0.1) is 23.2 Å². The lowest BCUT2D eigenvalue weighted by molar-refractivity contribution is 0.0863. The maximum atomic E-state index is 3.66. The number of nitrogens with zero attached hydrogens (tertiary/aromatic N) is 1. The Morgan fingerprint density at radius 3 is 2.26 bits per heavy atom. The van der Waals surface area contributed by atoms with Gasteiger partial charge in [0.15, 0.2) is 0 Å². The van der Waals surface area contributed by atoms with E-state index in [-0.39, 0.29) is 0 Å². The van der Waals surface area contributed by atoms with Gasteiger partial charge in [-0.2, -0.15) is 0 Å². The first-order valence-corrected chi connectivity index (χ1v) is 8.27. The van der Waals surface area contributed by atoms with Crippen molar-refractivity contribution in [2.45, 2.75) is 54.4 Å². The highest BCUT2D eigenvalue weighted by Crippen LogP contribution is 2.27. The predicted molar refractivity (Wildman–Crippen MR) is 85.5 cm³/mol. The molecular formula is C17H36N2. The zero-order valence-corrected chi connectivity index (χ0v) is 14.1. The number of likely N-dealkylation sites (tertiary alicyclic amines) is 1. The van der Waals surface area contributed by atoms with E-state index in [0.717, 1.165) is 30.8 Å². The molecule has 0 radical (unpaired) electrons. The molecule has 1 aliphatic rings. The van der Waals surface area contributed by atoms with Crippen LogP contribution in [-0.2, 0) is 0 Å². The van der Waals surface area contributed by atoms with Crippen molar-refractivity contribution in [3.05, 3.63) is 0 Å². The summed E-state index contributed by atoms with van der Waals surface area (Å²) in [7, 11) is 0. The quantitative estimate of drug-likeness (QED) is 0.758. The predicted octanol–water partition coefficient (Wildman–Crippen LogP) is 3.63. The van der Waals surface area contributed by atoms with Crippen LogP contribution >= 0.6 is 0 Å². The summed E-state index contributed by atoms with van der Waals surface area (Å²) in [6.07, 6.45) is 2.67. The van der Waals surface area contributed by atoms with E-state index in [2.05, 4.69) is 51.8 Å². The summed E-state index contributed by atoms with van der Waals surface area (Å²) in [4.78, 5) is 2.71. The molecule has 1 N–H and O–H groups in total. The summed E-state index contributed by atoms with van der Waals surface area (Å²) in [5.74, 6) is 2.48. The molecule has 1 rings (SSSR count). The van der Waals surface area contributed by atoms with Gasteiger partial charge in [0.1, 0.15) is 0 Å². The molecule has 0 aliphatic carbocycles. The molecule has 0 amide bonds. The summed E-state index contributed by atoms with van der Waals surface area (Å²) < 4.78 is 0. The number of rotatable bonds is 7. The van der Waals surface area contributed by atoms with Crippen LogP contribution in [0.4, 0.5) is 0 Å². The average molecular weight is 268 g/mol. The lowest BCUT2D eigenvalue weighted by Gasteiger charge is -2.41. The molecule has 3 unspecified atom stereocenters. The van der Waals surface area contributed by atoms with Crippen molar-refractivity contribution in [3.63, 3.8) is 0 Å². The standard InChI is InChI=1S/C17H36N2/c1-7-17(6,12-18-9-14(2)3)13-19-10-15(4)8-16(5)11-19/h14-16,18H,7-13H2,1-6H3. The summed E-state index contributed by atoms with van der Waals surface area (Å²) in [6, 6.07) is 0. The molecule has 19 heavy (non-hydrogen) atoms. The molecule has 0 bridgehead atoms. The van der Waals surface area contributed by atoms with Gasteiger partial charge in [-0.25, -0.2) is 0 Å². The number of piperidine rings is 1. The molecule has 0 spiro atoms. The molecule has 1 heterocycles. The zero-order chi connectivity index (χ0) is 14.5. The second-order valence-corrected chi connectivity index (χ2v) is 7.83. The monoisotopic (exact) mass is 268 g/mol. The molecule has 0 aromatic carbocycles. The Morgan fingerprint density at radius 1 is 1.21 bits per heavy atom. The van der Waals surface area contributed by atoms with Crippen LogP contribution in [0.5, 0.6) is 0 Å². The van der Waals surface area contributed by atoms with E-state index in [1.807, 2.05) is 0 Å². The van der Waals surface area contributed by atoms with Crippen LogP contribution in [-0.4, -0.2) is 37.6 Å². The largest absolute Gasteiger partial charge is 0.316 e. The van der Waals surface area contributed by atoms with Crippen molar-refractivity contribution < 1.29 is 0 Å². The first-order chi connectivity index (χ1) is 8.84. The Morgan fingerprint density at radius 2 is 1.79 bits per heavy atom. The molecule has 0 aromatic rings. The third-order valence-electron chi connectivity index (χ3n) is 4.51. The molecule has 114 valence electrons. The van der Waals surface area contributed by atoms with E-state index in [1.54, 1.807) is 0 Å². The van der Waals surface area contributed by atoms with Gasteiger partial charge in [0.2, 0.25) is 0 Å². The van der Waals surface area contributed by atoms with Crippen LogP contribution in [0.15, 0.2) is 0 Å². The minimum atomic E-state index is 0.422. The highest BCUT2D eigenvalue weighted by Gasteiger charge is 2.29. The van der Waals surface area contributed by atoms with Crippen molar-refractivity contribution in [3.8, 4) is 0 Å². The Balaban J connectivity index is 2.44. The molecule has 1 saturated heterocycles. The summed E-state index contributed by atoms with van der Waals surface area (Å²) in [5, 5.41) is 3.66. The molecule has 2 nitrogen and oxygen atoms in total. The molecule has 1 fully saturated rings. The van der Waals surface area contributed by atoms with Gasteiger partial charge in [0.25, 0.3) is 0 Å². The van der Waals surface area contributed by atoms with E-state index in [1.165, 1.54) is 32.5 Å². The summed E-state index contributed by atoms with van der Waals surface area (Å²) in [6.45, 7) is 20.3. The Bertz CT molecular complexity index is 242. The number of hydrogen-bond donors (Lipinski definition) is 1. The van der Waals surface area contributed by atoms with Crippen LogP contribution in [0.25, 0.3) is 0 Å². The number of nitrogens with one attached hydrogen (secondary N) is 1. The second kappa shape index (κ2) is 7.64. The minimum Gasteiger partial charge on any atom is -0.316 e. The van der Waals surface area contributed by atoms with E-state index < -0.39 is 0 Å². The third-order valence-corrected chi connectivity index (χ3v) is 4.51. The van der Waals surface area contributed by atoms with Gasteiger partial charge in [0.05, 0.1) is 0 Å². The van der Waals surface area contributed by atoms with Gasteiger partial charge < -0.3 is 10.2 Å². The fourth-order valence-corrected chi connectivity index (χ4v) is 3.42. The van der Waals surface area contributed by atoms with Gasteiger partial charge in [-0.3, -0.25) is 0 Å². The van der Waals surface area contributed by atoms with Crippen LogP contribution in [0.1, 0.15) is 54.4 Å². The van der Waals surface area contributed by atoms with Crippen LogP contribution in [0.3, 0.4) is 0 Å². The molecule has 0 saturated carbocycles. The van der Waals surface area contributed by atoms with Crippen molar-refractivity contribution in [2.75, 3.05) is 32.7 Å². The summed E-state index contributed by atoms with van der Waals surface area (Å²) >= 11 is 0. The van der Waals surface area contributed by atoms with Crippen molar-refractivity contribution >= 4 is 0 Å². The number of hydrogen-bond acceptors (Lipinski definition) is 2. The van der Waals surface area contributed by atoms with Gasteiger partial charge in [0, 0.05) is 26.2 Å². The van der Waals surface area contributed by atoms with E-state index >= 15 is 0 Å². The van der Waals surface area contributed by atoms with Crippen LogP contribution < -0.4 is 5.32 Å². The molecule has 3 atom stereocenters. The lowest BCUT2D eigenvalue weighted by Crippen LogP contribution is -2.47. The Labute approximate surface area is 121 Å². The smallest absolute Gasteiger partial charge is 0.00476 e. The van der Waals surface area contributed by atoms with Gasteiger partial charge in [-0.1, -0.05) is 41.5 Å². The highest BCUT2D eigenvalue weighted by molar-refractivity contribution is 4.83. The molecular weight excluding hydrogens is 232 g/mol. The minimum absolute atomic E-state index is 0.422. The van der Waals surface area contributed by atoms with Gasteiger partial charge in [-0.05, 0) is 42.6 Å². The van der Waals surface area contributed by atoms with E-state index in [9.17, 15) is 0 Å². The average Bonchev–Trinajstić information content (AvgIpc) is 2.26. The van der Waals surface area contributed by atoms with Crippen LogP contribution in [0.2, 0.25) is 0 Å². The van der Waals surface area contributed by atoms with E-state index in [0.29, 0.717) is 5.41 Å². The maximum absolute atomic E-state index is 3.66. The normalized spacial score (nSPS) is 28.6. The third kappa shape index (κ3) is 6.27. The second-order valence-electron chi connectivity index (χ2n) is 7.83. The maximum Gasteiger partial charge on any atom is 0.00476 e. The first kappa shape index (κ1) is 17.0. The van der Waals surface area contributed by atoms with Gasteiger partial charge in [-0.15, -0.1) is 0 Å². The Hall–Kier alpha value is -0.0800. The van der Waals surface area contributed by atoms with Crippen molar-refractivity contribution in [1.29, 1.82) is 0 Å². The lowest BCUT2D eigenvalue weighted by atomic mass is 9.84. The fraction of sp³-hybridized carbons (Fsp3) is 1.00. The summed E-state index contributed by atoms with van der Waals surface area (Å²) in [5.41, 5.74) is 0.422. The van der Waals surface area contributed by atoms with Crippen molar-refractivity contribution in [2.24, 2.45) is 23.2 Å². The Kier molecular flexibility index (Phi) is 6.82. The first-order valence-electron chi connectivity index (χ1n) is 8.27. The van der Waals surface area contributed by atoms with E-state index in [4.69, 9.17) is 0 Å².